The van der Waals surface area contributed by atoms with Gasteiger partial charge in [0.2, 0.25) is 0 Å². The SMILES string of the molecule is Cc1ccc(C(=O)NC(C)c2ccc(Oc3ccccc3)c(F)c2)c(-n2cc(-c3ccc(C(F)(F)F)nc3)nn2)c1. The molecule has 1 N–H and O–H groups in total. The molecular weight excluding hydrogens is 538 g/mol. The van der Waals surface area contributed by atoms with Gasteiger partial charge in [-0.1, -0.05) is 35.5 Å². The molecule has 0 fully saturated rings. The van der Waals surface area contributed by atoms with E-state index in [1.165, 1.54) is 29.1 Å². The van der Waals surface area contributed by atoms with Crippen molar-refractivity contribution < 1.29 is 27.1 Å². The number of carbonyl (C=O) groups is 1. The first-order valence-electron chi connectivity index (χ1n) is 12.5. The van der Waals surface area contributed by atoms with Gasteiger partial charge in [-0.2, -0.15) is 13.2 Å². The Morgan fingerprint density at radius 2 is 1.78 bits per heavy atom. The average molecular weight is 562 g/mol. The van der Waals surface area contributed by atoms with Crippen molar-refractivity contribution in [3.05, 3.63) is 119 Å². The number of aromatic nitrogens is 4. The number of halogens is 4. The number of nitrogens with one attached hydrogen (secondary N) is 1. The molecule has 0 saturated carbocycles. The third kappa shape index (κ3) is 6.24. The van der Waals surface area contributed by atoms with E-state index in [2.05, 4.69) is 20.6 Å². The molecule has 2 aromatic heterocycles. The normalized spacial score (nSPS) is 12.1. The van der Waals surface area contributed by atoms with Gasteiger partial charge < -0.3 is 10.1 Å². The van der Waals surface area contributed by atoms with E-state index >= 15 is 0 Å². The van der Waals surface area contributed by atoms with Crippen LogP contribution in [0.3, 0.4) is 0 Å². The van der Waals surface area contributed by atoms with Crippen molar-refractivity contribution in [1.82, 2.24) is 25.3 Å². The first kappa shape index (κ1) is 27.5. The first-order chi connectivity index (χ1) is 19.6. The Balaban J connectivity index is 1.34. The minimum absolute atomic E-state index is 0.0597. The zero-order chi connectivity index (χ0) is 29.1. The van der Waals surface area contributed by atoms with Gasteiger partial charge in [-0.3, -0.25) is 9.78 Å². The molecule has 208 valence electrons. The highest BCUT2D eigenvalue weighted by atomic mass is 19.4. The molecule has 11 heteroatoms. The van der Waals surface area contributed by atoms with Gasteiger partial charge in [0.05, 0.1) is 23.5 Å². The van der Waals surface area contributed by atoms with Crippen LogP contribution in [0.2, 0.25) is 0 Å². The zero-order valence-electron chi connectivity index (χ0n) is 21.9. The molecule has 0 saturated heterocycles. The smallest absolute Gasteiger partial charge is 0.433 e. The molecule has 5 aromatic rings. The number of hydrogen-bond donors (Lipinski definition) is 1. The largest absolute Gasteiger partial charge is 0.454 e. The van der Waals surface area contributed by atoms with E-state index in [1.54, 1.807) is 55.5 Å². The Kier molecular flexibility index (Phi) is 7.52. The third-order valence-electron chi connectivity index (χ3n) is 6.26. The molecule has 0 aliphatic carbocycles. The summed E-state index contributed by atoms with van der Waals surface area (Å²) in [6, 6.07) is 20.0. The van der Waals surface area contributed by atoms with Crippen molar-refractivity contribution in [2.45, 2.75) is 26.1 Å². The molecule has 5 rings (SSSR count). The maximum Gasteiger partial charge on any atom is 0.433 e. The van der Waals surface area contributed by atoms with Crippen LogP contribution in [0.25, 0.3) is 16.9 Å². The Hall–Kier alpha value is -5.06. The van der Waals surface area contributed by atoms with Gasteiger partial charge in [0.1, 0.15) is 17.1 Å². The van der Waals surface area contributed by atoms with Crippen molar-refractivity contribution in [2.75, 3.05) is 0 Å². The van der Waals surface area contributed by atoms with Crippen molar-refractivity contribution in [1.29, 1.82) is 0 Å². The number of nitrogens with zero attached hydrogens (tertiary/aromatic N) is 4. The number of pyridine rings is 1. The number of alkyl halides is 3. The third-order valence-corrected chi connectivity index (χ3v) is 6.26. The molecule has 0 spiro atoms. The van der Waals surface area contributed by atoms with Crippen LogP contribution in [-0.4, -0.2) is 25.9 Å². The summed E-state index contributed by atoms with van der Waals surface area (Å²) in [6.07, 6.45) is -1.99. The van der Waals surface area contributed by atoms with E-state index in [-0.39, 0.29) is 17.0 Å². The highest BCUT2D eigenvalue weighted by molar-refractivity contribution is 5.98. The van der Waals surface area contributed by atoms with Crippen LogP contribution in [-0.2, 0) is 6.18 Å². The molecular formula is C30H23F4N5O2. The number of para-hydroxylation sites is 1. The fraction of sp³-hybridized carbons (Fsp3) is 0.133. The van der Waals surface area contributed by atoms with Crippen LogP contribution in [0.1, 0.15) is 40.1 Å². The summed E-state index contributed by atoms with van der Waals surface area (Å²) in [4.78, 5) is 16.8. The maximum atomic E-state index is 14.8. The lowest BCUT2D eigenvalue weighted by molar-refractivity contribution is -0.141. The Labute approximate surface area is 232 Å². The monoisotopic (exact) mass is 561 g/mol. The summed E-state index contributed by atoms with van der Waals surface area (Å²) in [5.74, 6) is -0.454. The highest BCUT2D eigenvalue weighted by Gasteiger charge is 2.32. The van der Waals surface area contributed by atoms with Crippen molar-refractivity contribution in [3.63, 3.8) is 0 Å². The molecule has 41 heavy (non-hydrogen) atoms. The van der Waals surface area contributed by atoms with Crippen LogP contribution in [0.15, 0.2) is 91.3 Å². The Morgan fingerprint density at radius 1 is 1.00 bits per heavy atom. The summed E-state index contributed by atoms with van der Waals surface area (Å²) in [5.41, 5.74) is 1.65. The van der Waals surface area contributed by atoms with Gasteiger partial charge in [-0.25, -0.2) is 9.07 Å². The topological polar surface area (TPSA) is 81.9 Å². The summed E-state index contributed by atoms with van der Waals surface area (Å²) in [6.45, 7) is 3.57. The lowest BCUT2D eigenvalue weighted by atomic mass is 10.1. The highest BCUT2D eigenvalue weighted by Crippen LogP contribution is 2.30. The summed E-state index contributed by atoms with van der Waals surface area (Å²) in [5, 5.41) is 11.0. The van der Waals surface area contributed by atoms with Crippen LogP contribution < -0.4 is 10.1 Å². The molecule has 3 aromatic carbocycles. The molecule has 7 nitrogen and oxygen atoms in total. The van der Waals surface area contributed by atoms with Crippen molar-refractivity contribution in [3.8, 4) is 28.4 Å². The molecule has 0 aliphatic heterocycles. The second-order valence-corrected chi connectivity index (χ2v) is 9.30. The summed E-state index contributed by atoms with van der Waals surface area (Å²) in [7, 11) is 0. The van der Waals surface area contributed by atoms with Crippen LogP contribution in [0.5, 0.6) is 11.5 Å². The fourth-order valence-corrected chi connectivity index (χ4v) is 4.09. The number of ether oxygens (including phenoxy) is 1. The molecule has 1 atom stereocenters. The predicted octanol–water partition coefficient (Wildman–Crippen LogP) is 7.08. The second-order valence-electron chi connectivity index (χ2n) is 9.30. The zero-order valence-corrected chi connectivity index (χ0v) is 21.9. The number of rotatable bonds is 7. The molecule has 2 heterocycles. The number of hydrogen-bond acceptors (Lipinski definition) is 5. The van der Waals surface area contributed by atoms with E-state index in [0.29, 0.717) is 22.6 Å². The van der Waals surface area contributed by atoms with Gasteiger partial charge in [-0.15, -0.1) is 5.10 Å². The first-order valence-corrected chi connectivity index (χ1v) is 12.5. The second kappa shape index (κ2) is 11.2. The molecule has 1 amide bonds. The van der Waals surface area contributed by atoms with Gasteiger partial charge in [0, 0.05) is 11.8 Å². The lowest BCUT2D eigenvalue weighted by Crippen LogP contribution is -2.28. The molecule has 0 radical (unpaired) electrons. The van der Waals surface area contributed by atoms with E-state index in [4.69, 9.17) is 4.74 Å². The number of aryl methyl sites for hydroxylation is 1. The van der Waals surface area contributed by atoms with Crippen LogP contribution >= 0.6 is 0 Å². The van der Waals surface area contributed by atoms with Crippen LogP contribution in [0, 0.1) is 12.7 Å². The Bertz CT molecular complexity index is 1690. The molecule has 0 bridgehead atoms. The average Bonchev–Trinajstić information content (AvgIpc) is 3.44. The van der Waals surface area contributed by atoms with E-state index in [0.717, 1.165) is 17.8 Å². The van der Waals surface area contributed by atoms with Crippen molar-refractivity contribution >= 4 is 5.91 Å². The van der Waals surface area contributed by atoms with E-state index < -0.39 is 29.6 Å². The number of carbonyl (C=O) groups excluding carboxylic acids is 1. The fourth-order valence-electron chi connectivity index (χ4n) is 4.09. The predicted molar refractivity (Wildman–Crippen MR) is 143 cm³/mol. The van der Waals surface area contributed by atoms with E-state index in [9.17, 15) is 22.4 Å². The number of benzene rings is 3. The molecule has 0 aliphatic rings. The molecule has 1 unspecified atom stereocenters. The van der Waals surface area contributed by atoms with E-state index in [1.807, 2.05) is 13.0 Å². The lowest BCUT2D eigenvalue weighted by Gasteiger charge is -2.17. The minimum atomic E-state index is -4.55. The number of amides is 1. The Morgan fingerprint density at radius 3 is 2.46 bits per heavy atom. The maximum absolute atomic E-state index is 14.8. The summed E-state index contributed by atoms with van der Waals surface area (Å²) >= 11 is 0. The van der Waals surface area contributed by atoms with Gasteiger partial charge in [0.25, 0.3) is 5.91 Å². The van der Waals surface area contributed by atoms with Crippen LogP contribution in [0.4, 0.5) is 17.6 Å². The quantitative estimate of drug-likeness (QED) is 0.215. The van der Waals surface area contributed by atoms with Crippen molar-refractivity contribution in [2.24, 2.45) is 0 Å². The van der Waals surface area contributed by atoms with Gasteiger partial charge >= 0.3 is 6.18 Å². The van der Waals surface area contributed by atoms with Gasteiger partial charge in [-0.05, 0) is 73.5 Å². The minimum Gasteiger partial charge on any atom is -0.454 e. The summed E-state index contributed by atoms with van der Waals surface area (Å²) < 4.78 is 60.4. The standard InChI is InChI=1S/C30H23F4N5O2/c1-18-8-11-23(26(14-18)39-17-25(37-38-39)21-10-13-28(35-16-21)30(32,33)34)29(40)36-19(2)20-9-12-27(24(31)15-20)41-22-6-4-3-5-7-22/h3-17,19H,1-2H3,(H,36,40). The van der Waals surface area contributed by atoms with Gasteiger partial charge in [0.15, 0.2) is 11.6 Å².